The molecule has 1 N–H and O–H groups in total. The maximum Gasteiger partial charge on any atom is 0.169 e. The average Bonchev–Trinajstić information content (AvgIpc) is 3.64. The van der Waals surface area contributed by atoms with Gasteiger partial charge in [0.25, 0.3) is 0 Å². The van der Waals surface area contributed by atoms with Crippen LogP contribution in [0.5, 0.6) is 0 Å². The summed E-state index contributed by atoms with van der Waals surface area (Å²) in [6.07, 6.45) is 8.71. The van der Waals surface area contributed by atoms with E-state index < -0.39 is 0 Å². The molecule has 0 fully saturated rings. The molecular formula is C39H28N4S. The monoisotopic (exact) mass is 584 g/mol. The molecule has 0 saturated carbocycles. The van der Waals surface area contributed by atoms with Gasteiger partial charge in [0.15, 0.2) is 6.17 Å². The molecule has 6 aromatic rings. The van der Waals surface area contributed by atoms with E-state index in [9.17, 15) is 0 Å². The summed E-state index contributed by atoms with van der Waals surface area (Å²) in [7, 11) is 0. The number of nitrogens with zero attached hydrogens (tertiary/aromatic N) is 3. The summed E-state index contributed by atoms with van der Waals surface area (Å²) in [6.45, 7) is 0. The van der Waals surface area contributed by atoms with Gasteiger partial charge in [0, 0.05) is 48.6 Å². The second-order valence-corrected chi connectivity index (χ2v) is 12.5. The number of aliphatic imine (C=N–C) groups is 2. The Kier molecular flexibility index (Phi) is 5.84. The van der Waals surface area contributed by atoms with Crippen LogP contribution in [0.3, 0.4) is 0 Å². The molecule has 210 valence electrons. The highest BCUT2D eigenvalue weighted by atomic mass is 32.1. The summed E-state index contributed by atoms with van der Waals surface area (Å²) in [5.74, 6) is 2.03. The number of benzene rings is 5. The first kappa shape index (κ1) is 25.3. The maximum atomic E-state index is 5.12. The van der Waals surface area contributed by atoms with E-state index in [4.69, 9.17) is 9.98 Å². The Morgan fingerprint density at radius 2 is 1.30 bits per heavy atom. The Morgan fingerprint density at radius 3 is 2.14 bits per heavy atom. The zero-order chi connectivity index (χ0) is 29.0. The third kappa shape index (κ3) is 4.12. The number of amidine groups is 2. The van der Waals surface area contributed by atoms with Crippen LogP contribution in [0.1, 0.15) is 34.3 Å². The number of anilines is 2. The van der Waals surface area contributed by atoms with Crippen molar-refractivity contribution in [3.05, 3.63) is 168 Å². The largest absolute Gasteiger partial charge is 0.333 e. The van der Waals surface area contributed by atoms with E-state index in [1.807, 2.05) is 47.7 Å². The molecule has 1 aromatic heterocycles. The SMILES string of the molecule is C1=CC2c3ccccc3N(c3ccc4sc5ccc(C6=NC(c7ccccc7)N=C(c7ccccc7)N6)cc5c4c3)C2C=C1. The number of rotatable bonds is 4. The highest BCUT2D eigenvalue weighted by molar-refractivity contribution is 7.25. The Balaban J connectivity index is 1.15. The Labute approximate surface area is 260 Å². The van der Waals surface area contributed by atoms with Gasteiger partial charge in [-0.15, -0.1) is 11.3 Å². The molecule has 0 amide bonds. The molecule has 3 atom stereocenters. The fourth-order valence-corrected chi connectivity index (χ4v) is 7.83. The number of para-hydroxylation sites is 1. The molecule has 3 heterocycles. The van der Waals surface area contributed by atoms with Crippen molar-refractivity contribution >= 4 is 54.6 Å². The molecule has 2 aliphatic heterocycles. The Morgan fingerprint density at radius 1 is 0.614 bits per heavy atom. The van der Waals surface area contributed by atoms with Crippen molar-refractivity contribution in [2.45, 2.75) is 18.1 Å². The minimum atomic E-state index is -0.315. The van der Waals surface area contributed by atoms with Crippen LogP contribution in [0.25, 0.3) is 20.2 Å². The van der Waals surface area contributed by atoms with Gasteiger partial charge < -0.3 is 10.2 Å². The zero-order valence-corrected chi connectivity index (χ0v) is 24.7. The lowest BCUT2D eigenvalue weighted by molar-refractivity contribution is 0.745. The fraction of sp³-hybridized carbons (Fsp3) is 0.0769. The van der Waals surface area contributed by atoms with E-state index in [0.29, 0.717) is 5.92 Å². The Hall–Kier alpha value is -5.26. The average molecular weight is 585 g/mol. The fourth-order valence-electron chi connectivity index (χ4n) is 6.77. The van der Waals surface area contributed by atoms with E-state index in [-0.39, 0.29) is 12.2 Å². The highest BCUT2D eigenvalue weighted by Gasteiger charge is 2.37. The molecule has 5 heteroatoms. The van der Waals surface area contributed by atoms with Gasteiger partial charge in [0.2, 0.25) is 0 Å². The summed E-state index contributed by atoms with van der Waals surface area (Å²) in [5, 5.41) is 6.09. The number of fused-ring (bicyclic) bond motifs is 6. The highest BCUT2D eigenvalue weighted by Crippen LogP contribution is 2.48. The lowest BCUT2D eigenvalue weighted by Crippen LogP contribution is -2.36. The quantitative estimate of drug-likeness (QED) is 0.224. The van der Waals surface area contributed by atoms with Crippen LogP contribution in [0.4, 0.5) is 11.4 Å². The number of nitrogens with one attached hydrogen (secondary N) is 1. The van der Waals surface area contributed by atoms with E-state index in [1.54, 1.807) is 0 Å². The summed E-state index contributed by atoms with van der Waals surface area (Å²) in [6, 6.07) is 43.4. The lowest BCUT2D eigenvalue weighted by atomic mass is 9.91. The van der Waals surface area contributed by atoms with Gasteiger partial charge in [-0.1, -0.05) is 103 Å². The van der Waals surface area contributed by atoms with E-state index in [1.165, 1.54) is 37.1 Å². The third-order valence-corrected chi connectivity index (χ3v) is 10.0. The molecule has 0 saturated heterocycles. The number of thiophene rings is 1. The van der Waals surface area contributed by atoms with Crippen molar-refractivity contribution in [3.63, 3.8) is 0 Å². The molecule has 1 aliphatic carbocycles. The molecule has 0 bridgehead atoms. The van der Waals surface area contributed by atoms with Crippen molar-refractivity contribution in [3.8, 4) is 0 Å². The van der Waals surface area contributed by atoms with E-state index in [2.05, 4.69) is 119 Å². The number of allylic oxidation sites excluding steroid dienone is 2. The summed E-state index contributed by atoms with van der Waals surface area (Å²) in [4.78, 5) is 12.6. The number of hydrogen-bond donors (Lipinski definition) is 1. The normalized spacial score (nSPS) is 20.3. The molecule has 0 spiro atoms. The molecule has 0 radical (unpaired) electrons. The van der Waals surface area contributed by atoms with Crippen molar-refractivity contribution in [2.75, 3.05) is 4.90 Å². The topological polar surface area (TPSA) is 40.0 Å². The smallest absolute Gasteiger partial charge is 0.169 e. The predicted molar refractivity (Wildman–Crippen MR) is 185 cm³/mol. The summed E-state index contributed by atoms with van der Waals surface area (Å²) < 4.78 is 2.56. The van der Waals surface area contributed by atoms with Crippen LogP contribution in [0.2, 0.25) is 0 Å². The number of hydrogen-bond acceptors (Lipinski definition) is 5. The van der Waals surface area contributed by atoms with E-state index in [0.717, 1.165) is 28.4 Å². The van der Waals surface area contributed by atoms with Gasteiger partial charge in [-0.25, -0.2) is 9.98 Å². The second kappa shape index (κ2) is 10.2. The van der Waals surface area contributed by atoms with Crippen LogP contribution in [0, 0.1) is 0 Å². The Bertz CT molecular complexity index is 2170. The standard InChI is InChI=1S/C39H28N4S/c1-3-11-25(12-4-1)37-40-38(26-13-5-2-6-14-26)42-39(41-37)27-19-21-35-31(23-27)32-24-28(20-22-36(32)44-35)43-33-17-9-7-15-29(33)30-16-8-10-18-34(30)43/h1-24,29,33,37H,(H,40,41,42). The molecule has 3 unspecified atom stereocenters. The van der Waals surface area contributed by atoms with Crippen LogP contribution < -0.4 is 10.2 Å². The lowest BCUT2D eigenvalue weighted by Gasteiger charge is -2.28. The molecule has 9 rings (SSSR count). The molecule has 3 aliphatic rings. The zero-order valence-electron chi connectivity index (χ0n) is 23.8. The van der Waals surface area contributed by atoms with Crippen LogP contribution in [-0.2, 0) is 0 Å². The first-order valence-corrected chi connectivity index (χ1v) is 15.8. The van der Waals surface area contributed by atoms with Gasteiger partial charge in [-0.05, 0) is 53.6 Å². The molecule has 44 heavy (non-hydrogen) atoms. The molecule has 5 aromatic carbocycles. The van der Waals surface area contributed by atoms with Gasteiger partial charge in [0.05, 0.1) is 6.04 Å². The van der Waals surface area contributed by atoms with Crippen molar-refractivity contribution in [1.82, 2.24) is 5.32 Å². The van der Waals surface area contributed by atoms with Crippen molar-refractivity contribution in [1.29, 1.82) is 0 Å². The van der Waals surface area contributed by atoms with Crippen LogP contribution in [0.15, 0.2) is 156 Å². The minimum absolute atomic E-state index is 0.279. The summed E-state index contributed by atoms with van der Waals surface area (Å²) in [5.41, 5.74) is 7.07. The van der Waals surface area contributed by atoms with Gasteiger partial charge >= 0.3 is 0 Å². The van der Waals surface area contributed by atoms with Gasteiger partial charge in [-0.2, -0.15) is 0 Å². The molecular weight excluding hydrogens is 557 g/mol. The first-order chi connectivity index (χ1) is 21.8. The van der Waals surface area contributed by atoms with Crippen LogP contribution in [-0.4, -0.2) is 17.7 Å². The summed E-state index contributed by atoms with van der Waals surface area (Å²) >= 11 is 1.84. The molecule has 4 nitrogen and oxygen atoms in total. The third-order valence-electron chi connectivity index (χ3n) is 8.85. The van der Waals surface area contributed by atoms with Gasteiger partial charge in [-0.3, -0.25) is 0 Å². The first-order valence-electron chi connectivity index (χ1n) is 15.0. The van der Waals surface area contributed by atoms with Gasteiger partial charge in [0.1, 0.15) is 11.7 Å². The second-order valence-electron chi connectivity index (χ2n) is 11.4. The van der Waals surface area contributed by atoms with Crippen LogP contribution >= 0.6 is 11.3 Å². The maximum absolute atomic E-state index is 5.12. The van der Waals surface area contributed by atoms with Crippen molar-refractivity contribution < 1.29 is 0 Å². The van der Waals surface area contributed by atoms with Crippen molar-refractivity contribution in [2.24, 2.45) is 9.98 Å². The van der Waals surface area contributed by atoms with E-state index >= 15 is 0 Å². The predicted octanol–water partition coefficient (Wildman–Crippen LogP) is 9.28. The minimum Gasteiger partial charge on any atom is -0.333 e.